The summed E-state index contributed by atoms with van der Waals surface area (Å²) in [6.45, 7) is 3.97. The fourth-order valence-corrected chi connectivity index (χ4v) is 4.06. The van der Waals surface area contributed by atoms with Crippen LogP contribution in [0.3, 0.4) is 0 Å². The van der Waals surface area contributed by atoms with Gasteiger partial charge in [0, 0.05) is 10.6 Å². The Balaban J connectivity index is 1.59. The number of ether oxygens (including phenoxy) is 2. The standard InChI is InChI=1S/C26H27NO4S/c1-4-5-21-12-15-25(32-21)22(28)13-8-19-9-14-23(24(16-19)30-3)31-17-26(29)27-20-10-6-18(2)7-11-20/h6-16H,4-5,17H2,1-3H3,(H,27,29)/b13-8+. The summed E-state index contributed by atoms with van der Waals surface area (Å²) in [4.78, 5) is 26.5. The highest BCUT2D eigenvalue weighted by Gasteiger charge is 2.10. The Morgan fingerprint density at radius 3 is 2.53 bits per heavy atom. The van der Waals surface area contributed by atoms with Gasteiger partial charge in [-0.3, -0.25) is 9.59 Å². The number of carbonyl (C=O) groups excluding carboxylic acids is 2. The molecule has 0 aliphatic carbocycles. The van der Waals surface area contributed by atoms with E-state index in [4.69, 9.17) is 9.47 Å². The maximum atomic E-state index is 12.4. The monoisotopic (exact) mass is 449 g/mol. The van der Waals surface area contributed by atoms with Crippen LogP contribution >= 0.6 is 11.3 Å². The fourth-order valence-electron chi connectivity index (χ4n) is 3.03. The first kappa shape index (κ1) is 23.3. The maximum Gasteiger partial charge on any atom is 0.262 e. The van der Waals surface area contributed by atoms with E-state index in [1.807, 2.05) is 49.4 Å². The van der Waals surface area contributed by atoms with Crippen molar-refractivity contribution >= 4 is 34.8 Å². The molecule has 3 rings (SSSR count). The summed E-state index contributed by atoms with van der Waals surface area (Å²) < 4.78 is 11.0. The van der Waals surface area contributed by atoms with E-state index in [9.17, 15) is 9.59 Å². The van der Waals surface area contributed by atoms with Crippen LogP contribution in [0.4, 0.5) is 5.69 Å². The molecule has 3 aromatic rings. The number of carbonyl (C=O) groups is 2. The molecular formula is C26H27NO4S. The molecule has 0 saturated heterocycles. The van der Waals surface area contributed by atoms with Crippen LogP contribution in [0.1, 0.15) is 39.0 Å². The Kier molecular flexibility index (Phi) is 8.22. The number of amides is 1. The number of allylic oxidation sites excluding steroid dienone is 1. The topological polar surface area (TPSA) is 64.6 Å². The molecule has 0 bridgehead atoms. The summed E-state index contributed by atoms with van der Waals surface area (Å²) in [7, 11) is 1.54. The molecule has 0 spiro atoms. The number of nitrogens with one attached hydrogen (secondary N) is 1. The van der Waals surface area contributed by atoms with Crippen molar-refractivity contribution in [3.8, 4) is 11.5 Å². The third-order valence-corrected chi connectivity index (χ3v) is 5.87. The van der Waals surface area contributed by atoms with Crippen molar-refractivity contribution in [1.29, 1.82) is 0 Å². The third-order valence-electron chi connectivity index (χ3n) is 4.71. The molecule has 5 nitrogen and oxygen atoms in total. The molecule has 166 valence electrons. The average Bonchev–Trinajstić information content (AvgIpc) is 3.27. The number of anilines is 1. The largest absolute Gasteiger partial charge is 0.493 e. The number of aryl methyl sites for hydroxylation is 2. The molecular weight excluding hydrogens is 422 g/mol. The Hall–Kier alpha value is -3.38. The SMILES string of the molecule is CCCc1ccc(C(=O)/C=C/c2ccc(OCC(=O)Nc3ccc(C)cc3)c(OC)c2)s1. The van der Waals surface area contributed by atoms with Gasteiger partial charge in [0.1, 0.15) is 0 Å². The zero-order valence-corrected chi connectivity index (χ0v) is 19.3. The molecule has 0 aliphatic rings. The van der Waals surface area contributed by atoms with Gasteiger partial charge in [-0.05, 0) is 61.4 Å². The number of thiophene rings is 1. The van der Waals surface area contributed by atoms with Gasteiger partial charge in [0.05, 0.1) is 12.0 Å². The van der Waals surface area contributed by atoms with Crippen LogP contribution in [0.25, 0.3) is 6.08 Å². The van der Waals surface area contributed by atoms with E-state index in [0.717, 1.165) is 28.8 Å². The lowest BCUT2D eigenvalue weighted by Gasteiger charge is -2.11. The first-order chi connectivity index (χ1) is 15.5. The summed E-state index contributed by atoms with van der Waals surface area (Å²) in [5, 5.41) is 2.79. The summed E-state index contributed by atoms with van der Waals surface area (Å²) in [5.41, 5.74) is 2.64. The Morgan fingerprint density at radius 2 is 1.81 bits per heavy atom. The summed E-state index contributed by atoms with van der Waals surface area (Å²) in [6.07, 6.45) is 5.36. The normalized spacial score (nSPS) is 10.8. The quantitative estimate of drug-likeness (QED) is 0.308. The molecule has 0 fully saturated rings. The van der Waals surface area contributed by atoms with Gasteiger partial charge >= 0.3 is 0 Å². The van der Waals surface area contributed by atoms with Crippen LogP contribution < -0.4 is 14.8 Å². The van der Waals surface area contributed by atoms with E-state index in [2.05, 4.69) is 12.2 Å². The number of benzene rings is 2. The Morgan fingerprint density at radius 1 is 1.03 bits per heavy atom. The van der Waals surface area contributed by atoms with Gasteiger partial charge in [0.2, 0.25) is 0 Å². The number of rotatable bonds is 10. The van der Waals surface area contributed by atoms with Crippen LogP contribution in [0, 0.1) is 6.92 Å². The summed E-state index contributed by atoms with van der Waals surface area (Å²) in [6, 6.07) is 16.8. The number of hydrogen-bond acceptors (Lipinski definition) is 5. The van der Waals surface area contributed by atoms with Crippen LogP contribution in [0.2, 0.25) is 0 Å². The summed E-state index contributed by atoms with van der Waals surface area (Å²) >= 11 is 1.54. The minimum absolute atomic E-state index is 0.0237. The molecule has 0 atom stereocenters. The second kappa shape index (κ2) is 11.3. The molecule has 32 heavy (non-hydrogen) atoms. The zero-order chi connectivity index (χ0) is 22.9. The summed E-state index contributed by atoms with van der Waals surface area (Å²) in [5.74, 6) is 0.662. The molecule has 2 aromatic carbocycles. The van der Waals surface area contributed by atoms with Gasteiger partial charge in [-0.15, -0.1) is 11.3 Å². The third kappa shape index (κ3) is 6.56. The van der Waals surface area contributed by atoms with E-state index in [1.54, 1.807) is 24.3 Å². The second-order valence-electron chi connectivity index (χ2n) is 7.33. The van der Waals surface area contributed by atoms with Crippen LogP contribution in [-0.2, 0) is 11.2 Å². The highest BCUT2D eigenvalue weighted by atomic mass is 32.1. The lowest BCUT2D eigenvalue weighted by molar-refractivity contribution is -0.118. The lowest BCUT2D eigenvalue weighted by Crippen LogP contribution is -2.20. The van der Waals surface area contributed by atoms with Crippen molar-refractivity contribution in [3.05, 3.63) is 81.6 Å². The maximum absolute atomic E-state index is 12.4. The molecule has 1 amide bonds. The van der Waals surface area contributed by atoms with Crippen molar-refractivity contribution in [2.24, 2.45) is 0 Å². The van der Waals surface area contributed by atoms with Crippen LogP contribution in [-0.4, -0.2) is 25.4 Å². The zero-order valence-electron chi connectivity index (χ0n) is 18.5. The Bertz CT molecular complexity index is 1100. The number of methoxy groups -OCH3 is 1. The predicted octanol–water partition coefficient (Wildman–Crippen LogP) is 5.93. The van der Waals surface area contributed by atoms with Gasteiger partial charge in [0.15, 0.2) is 23.9 Å². The number of ketones is 1. The van der Waals surface area contributed by atoms with Crippen molar-refractivity contribution in [3.63, 3.8) is 0 Å². The van der Waals surface area contributed by atoms with Gasteiger partial charge in [-0.2, -0.15) is 0 Å². The van der Waals surface area contributed by atoms with Gasteiger partial charge in [-0.1, -0.05) is 43.2 Å². The minimum atomic E-state index is -0.260. The first-order valence-electron chi connectivity index (χ1n) is 10.5. The smallest absolute Gasteiger partial charge is 0.262 e. The van der Waals surface area contributed by atoms with Crippen molar-refractivity contribution in [1.82, 2.24) is 0 Å². The molecule has 6 heteroatoms. The van der Waals surface area contributed by atoms with E-state index in [0.29, 0.717) is 17.2 Å². The molecule has 0 aliphatic heterocycles. The van der Waals surface area contributed by atoms with Crippen molar-refractivity contribution < 1.29 is 19.1 Å². The second-order valence-corrected chi connectivity index (χ2v) is 8.50. The van der Waals surface area contributed by atoms with Gasteiger partial charge < -0.3 is 14.8 Å². The van der Waals surface area contributed by atoms with E-state index in [1.165, 1.54) is 23.3 Å². The van der Waals surface area contributed by atoms with E-state index in [-0.39, 0.29) is 18.3 Å². The van der Waals surface area contributed by atoms with Crippen molar-refractivity contribution in [2.75, 3.05) is 19.0 Å². The van der Waals surface area contributed by atoms with Gasteiger partial charge in [-0.25, -0.2) is 0 Å². The minimum Gasteiger partial charge on any atom is -0.493 e. The first-order valence-corrected chi connectivity index (χ1v) is 11.3. The fraction of sp³-hybridized carbons (Fsp3) is 0.231. The highest BCUT2D eigenvalue weighted by molar-refractivity contribution is 7.14. The van der Waals surface area contributed by atoms with E-state index < -0.39 is 0 Å². The van der Waals surface area contributed by atoms with Crippen LogP contribution in [0.5, 0.6) is 11.5 Å². The Labute approximate surface area is 192 Å². The van der Waals surface area contributed by atoms with Gasteiger partial charge in [0.25, 0.3) is 5.91 Å². The molecule has 1 heterocycles. The van der Waals surface area contributed by atoms with Crippen LogP contribution in [0.15, 0.2) is 60.7 Å². The molecule has 0 radical (unpaired) electrons. The van der Waals surface area contributed by atoms with Crippen molar-refractivity contribution in [2.45, 2.75) is 26.7 Å². The highest BCUT2D eigenvalue weighted by Crippen LogP contribution is 2.29. The average molecular weight is 450 g/mol. The lowest BCUT2D eigenvalue weighted by atomic mass is 10.1. The number of hydrogen-bond donors (Lipinski definition) is 1. The molecule has 0 unspecified atom stereocenters. The molecule has 1 N–H and O–H groups in total. The molecule has 1 aromatic heterocycles. The van der Waals surface area contributed by atoms with E-state index >= 15 is 0 Å². The molecule has 0 saturated carbocycles. The predicted molar refractivity (Wildman–Crippen MR) is 130 cm³/mol.